The molecule has 4 nitrogen and oxygen atoms in total. The van der Waals surface area contributed by atoms with Crippen molar-refractivity contribution in [3.05, 3.63) is 34.9 Å². The molecular weight excluding hydrogens is 294 g/mol. The van der Waals surface area contributed by atoms with E-state index in [0.717, 1.165) is 34.6 Å². The van der Waals surface area contributed by atoms with Crippen LogP contribution in [0.1, 0.15) is 44.5 Å². The van der Waals surface area contributed by atoms with Crippen LogP contribution in [-0.2, 0) is 17.8 Å². The standard InChI is InChI=1S/C14H18ClN3OS/c1-14(2,3)20(19)17-11-5-4-9-10(15)6-7-18-8-16-12(11)13(9)18/h6-8,11,17H,4-5H2,1-3H3/t11-,20-/m1/s1. The summed E-state index contributed by atoms with van der Waals surface area (Å²) in [6, 6.07) is 1.92. The fraction of sp³-hybridized carbons (Fsp3) is 0.500. The number of hydrogen-bond acceptors (Lipinski definition) is 3. The van der Waals surface area contributed by atoms with Gasteiger partial charge in [-0.2, -0.15) is 0 Å². The maximum atomic E-state index is 12.3. The number of hydrogen-bond donors (Lipinski definition) is 1. The molecule has 0 aliphatic heterocycles. The molecule has 0 bridgehead atoms. The highest BCUT2D eigenvalue weighted by molar-refractivity contribution is 7.90. The first kappa shape index (κ1) is 14.2. The van der Waals surface area contributed by atoms with Crippen LogP contribution < -0.4 is 4.72 Å². The van der Waals surface area contributed by atoms with Gasteiger partial charge in [0.2, 0.25) is 0 Å². The molecule has 108 valence electrons. The second-order valence-corrected chi connectivity index (χ2v) is 8.52. The number of nitrogens with zero attached hydrogens (tertiary/aromatic N) is 2. The van der Waals surface area contributed by atoms with Crippen molar-refractivity contribution in [1.82, 2.24) is 14.1 Å². The van der Waals surface area contributed by atoms with Crippen LogP contribution in [0.4, 0.5) is 0 Å². The smallest absolute Gasteiger partial charge is 0.136 e. The predicted octanol–water partition coefficient (Wildman–Crippen LogP) is 3.03. The van der Waals surface area contributed by atoms with E-state index in [1.165, 1.54) is 0 Å². The maximum absolute atomic E-state index is 12.3. The molecule has 1 N–H and O–H groups in total. The fourth-order valence-electron chi connectivity index (χ4n) is 2.50. The number of rotatable bonds is 2. The van der Waals surface area contributed by atoms with Crippen molar-refractivity contribution < 1.29 is 4.55 Å². The number of halogens is 1. The van der Waals surface area contributed by atoms with E-state index in [2.05, 4.69) is 9.71 Å². The van der Waals surface area contributed by atoms with Crippen molar-refractivity contribution in [2.75, 3.05) is 0 Å². The third kappa shape index (κ3) is 2.33. The molecule has 0 amide bonds. The number of pyridine rings is 1. The molecule has 2 heterocycles. The zero-order valence-electron chi connectivity index (χ0n) is 11.8. The summed E-state index contributed by atoms with van der Waals surface area (Å²) in [5.74, 6) is 0. The van der Waals surface area contributed by atoms with Crippen molar-refractivity contribution in [3.8, 4) is 0 Å². The molecule has 0 saturated heterocycles. The Morgan fingerprint density at radius 2 is 2.25 bits per heavy atom. The molecule has 0 radical (unpaired) electrons. The second kappa shape index (κ2) is 4.91. The molecule has 0 fully saturated rings. The monoisotopic (exact) mass is 311 g/mol. The zero-order valence-corrected chi connectivity index (χ0v) is 13.4. The minimum absolute atomic E-state index is 0.0195. The Morgan fingerprint density at radius 3 is 2.95 bits per heavy atom. The lowest BCUT2D eigenvalue weighted by molar-refractivity contribution is 0.505. The first-order chi connectivity index (χ1) is 9.38. The van der Waals surface area contributed by atoms with E-state index in [4.69, 9.17) is 11.6 Å². The Kier molecular flexibility index (Phi) is 3.49. The van der Waals surface area contributed by atoms with E-state index < -0.39 is 11.4 Å². The summed E-state index contributed by atoms with van der Waals surface area (Å²) in [6.45, 7) is 5.89. The minimum Gasteiger partial charge on any atom is -0.598 e. The fourth-order valence-corrected chi connectivity index (χ4v) is 3.58. The zero-order chi connectivity index (χ0) is 14.5. The van der Waals surface area contributed by atoms with Gasteiger partial charge in [-0.05, 0) is 45.2 Å². The summed E-state index contributed by atoms with van der Waals surface area (Å²) in [6.07, 6.45) is 5.46. The van der Waals surface area contributed by atoms with Crippen LogP contribution in [0.15, 0.2) is 18.6 Å². The van der Waals surface area contributed by atoms with Crippen LogP contribution in [0.5, 0.6) is 0 Å². The van der Waals surface area contributed by atoms with E-state index in [-0.39, 0.29) is 10.8 Å². The summed E-state index contributed by atoms with van der Waals surface area (Å²) < 4.78 is 17.2. The molecule has 6 heteroatoms. The van der Waals surface area contributed by atoms with Gasteiger partial charge in [-0.1, -0.05) is 11.6 Å². The lowest BCUT2D eigenvalue weighted by Crippen LogP contribution is -2.42. The summed E-state index contributed by atoms with van der Waals surface area (Å²) in [7, 11) is 0. The van der Waals surface area contributed by atoms with E-state index in [1.807, 2.05) is 37.4 Å². The van der Waals surface area contributed by atoms with Crippen molar-refractivity contribution >= 4 is 28.5 Å². The third-order valence-corrected chi connectivity index (χ3v) is 5.56. The van der Waals surface area contributed by atoms with E-state index in [9.17, 15) is 4.55 Å². The highest BCUT2D eigenvalue weighted by atomic mass is 35.5. The first-order valence-corrected chi connectivity index (χ1v) is 8.22. The largest absolute Gasteiger partial charge is 0.598 e. The highest BCUT2D eigenvalue weighted by Crippen LogP contribution is 2.35. The van der Waals surface area contributed by atoms with Crippen molar-refractivity contribution in [2.24, 2.45) is 0 Å². The Bertz CT molecular complexity index is 650. The van der Waals surface area contributed by atoms with Gasteiger partial charge >= 0.3 is 0 Å². The van der Waals surface area contributed by atoms with Crippen LogP contribution in [0.25, 0.3) is 5.52 Å². The quantitative estimate of drug-likeness (QED) is 0.867. The number of aryl methyl sites for hydroxylation is 1. The average molecular weight is 312 g/mol. The number of nitrogens with one attached hydrogen (secondary N) is 1. The molecule has 1 aliphatic rings. The van der Waals surface area contributed by atoms with Gasteiger partial charge < -0.3 is 8.95 Å². The van der Waals surface area contributed by atoms with Gasteiger partial charge in [-0.25, -0.2) is 4.98 Å². The molecule has 3 rings (SSSR count). The molecule has 1 aliphatic carbocycles. The highest BCUT2D eigenvalue weighted by Gasteiger charge is 2.33. The van der Waals surface area contributed by atoms with Crippen LogP contribution in [0, 0.1) is 0 Å². The molecule has 0 saturated carbocycles. The van der Waals surface area contributed by atoms with Crippen LogP contribution in [0.3, 0.4) is 0 Å². The topological polar surface area (TPSA) is 52.4 Å². The lowest BCUT2D eigenvalue weighted by Gasteiger charge is -2.29. The Balaban J connectivity index is 1.98. The Hall–Kier alpha value is -0.750. The van der Waals surface area contributed by atoms with Gasteiger partial charge in [0.05, 0.1) is 23.6 Å². The average Bonchev–Trinajstić information content (AvgIpc) is 2.80. The number of aromatic nitrogens is 2. The molecule has 0 aromatic carbocycles. The molecule has 2 aromatic rings. The lowest BCUT2D eigenvalue weighted by atomic mass is 9.95. The van der Waals surface area contributed by atoms with Gasteiger partial charge in [0.25, 0.3) is 0 Å². The normalized spacial score (nSPS) is 20.4. The van der Waals surface area contributed by atoms with Gasteiger partial charge in [0.15, 0.2) is 0 Å². The van der Waals surface area contributed by atoms with Gasteiger partial charge in [0.1, 0.15) is 4.75 Å². The molecule has 20 heavy (non-hydrogen) atoms. The first-order valence-electron chi connectivity index (χ1n) is 6.70. The van der Waals surface area contributed by atoms with Crippen molar-refractivity contribution in [3.63, 3.8) is 0 Å². The van der Waals surface area contributed by atoms with Crippen LogP contribution >= 0.6 is 11.6 Å². The maximum Gasteiger partial charge on any atom is 0.136 e. The summed E-state index contributed by atoms with van der Waals surface area (Å²) in [4.78, 5) is 4.49. The molecule has 2 atom stereocenters. The molecule has 2 aromatic heterocycles. The van der Waals surface area contributed by atoms with Crippen LogP contribution in [-0.4, -0.2) is 18.7 Å². The van der Waals surface area contributed by atoms with E-state index in [0.29, 0.717) is 0 Å². The van der Waals surface area contributed by atoms with Crippen LogP contribution in [0.2, 0.25) is 5.02 Å². The summed E-state index contributed by atoms with van der Waals surface area (Å²) in [5, 5.41) is 0.787. The molecule has 0 unspecified atom stereocenters. The van der Waals surface area contributed by atoms with Gasteiger partial charge in [-0.15, -0.1) is 4.72 Å². The second-order valence-electron chi connectivity index (χ2n) is 6.12. The minimum atomic E-state index is -1.10. The molecular formula is C14H18ClN3OS. The molecule has 0 spiro atoms. The Morgan fingerprint density at radius 1 is 1.50 bits per heavy atom. The third-order valence-electron chi connectivity index (χ3n) is 3.60. The van der Waals surface area contributed by atoms with E-state index in [1.54, 1.807) is 6.33 Å². The number of imidazole rings is 1. The van der Waals surface area contributed by atoms with Crippen molar-refractivity contribution in [1.29, 1.82) is 0 Å². The Labute approximate surface area is 126 Å². The SMILES string of the molecule is CC(C)(C)[S@@+]([O-])N[C@@H]1CCc2c(Cl)ccn3cnc1c23. The van der Waals surface area contributed by atoms with Crippen molar-refractivity contribution in [2.45, 2.75) is 44.4 Å². The summed E-state index contributed by atoms with van der Waals surface area (Å²) in [5.41, 5.74) is 3.15. The summed E-state index contributed by atoms with van der Waals surface area (Å²) >= 11 is 5.17. The van der Waals surface area contributed by atoms with Gasteiger partial charge in [0, 0.05) is 22.6 Å². The predicted molar refractivity (Wildman–Crippen MR) is 82.3 cm³/mol. The van der Waals surface area contributed by atoms with E-state index >= 15 is 0 Å². The van der Waals surface area contributed by atoms with Gasteiger partial charge in [-0.3, -0.25) is 0 Å².